The molecule has 0 atom stereocenters. The number of pyridine rings is 1. The van der Waals surface area contributed by atoms with E-state index in [4.69, 9.17) is 4.74 Å². The summed E-state index contributed by atoms with van der Waals surface area (Å²) >= 11 is 0. The van der Waals surface area contributed by atoms with Gasteiger partial charge < -0.3 is 4.74 Å². The summed E-state index contributed by atoms with van der Waals surface area (Å²) in [6.45, 7) is 2.16. The van der Waals surface area contributed by atoms with Crippen LogP contribution in [0.5, 0.6) is 0 Å². The molecule has 0 N–H and O–H groups in total. The highest BCUT2D eigenvalue weighted by Gasteiger charge is 1.94. The fraction of sp³-hybridized carbons (Fsp3) is 0.333. The van der Waals surface area contributed by atoms with Crippen molar-refractivity contribution in [1.82, 2.24) is 4.98 Å². The first kappa shape index (κ1) is 8.87. The first-order valence-electron chi connectivity index (χ1n) is 3.75. The van der Waals surface area contributed by atoms with Gasteiger partial charge >= 0.3 is 0 Å². The van der Waals surface area contributed by atoms with E-state index in [2.05, 4.69) is 4.98 Å². The van der Waals surface area contributed by atoms with Gasteiger partial charge in [-0.1, -0.05) is 0 Å². The standard InChI is InChI=1S/C9H11NO2/c1-8(11)6-12-7-9-2-4-10-5-3-9/h2-5H,6-7H2,1H3. The van der Waals surface area contributed by atoms with Crippen molar-refractivity contribution >= 4 is 5.78 Å². The zero-order chi connectivity index (χ0) is 8.81. The van der Waals surface area contributed by atoms with E-state index in [1.54, 1.807) is 12.4 Å². The molecule has 0 aliphatic heterocycles. The van der Waals surface area contributed by atoms with Crippen molar-refractivity contribution in [2.45, 2.75) is 13.5 Å². The number of hydrogen-bond donors (Lipinski definition) is 0. The molecule has 0 aliphatic rings. The van der Waals surface area contributed by atoms with Crippen molar-refractivity contribution in [2.24, 2.45) is 0 Å². The largest absolute Gasteiger partial charge is 0.369 e. The minimum atomic E-state index is 0.0454. The number of carbonyl (C=O) groups is 1. The van der Waals surface area contributed by atoms with Gasteiger partial charge in [0.2, 0.25) is 0 Å². The summed E-state index contributed by atoms with van der Waals surface area (Å²) in [6.07, 6.45) is 3.40. The maximum absolute atomic E-state index is 10.5. The highest BCUT2D eigenvalue weighted by atomic mass is 16.5. The summed E-state index contributed by atoms with van der Waals surface area (Å²) in [6, 6.07) is 3.72. The molecule has 0 aliphatic carbocycles. The first-order chi connectivity index (χ1) is 5.79. The second-order valence-electron chi connectivity index (χ2n) is 2.55. The van der Waals surface area contributed by atoms with Gasteiger partial charge in [0.15, 0.2) is 5.78 Å². The fourth-order valence-corrected chi connectivity index (χ4v) is 0.792. The minimum absolute atomic E-state index is 0.0454. The molecule has 1 heterocycles. The molecular weight excluding hydrogens is 154 g/mol. The predicted octanol–water partition coefficient (Wildman–Crippen LogP) is 1.19. The number of hydrogen-bond acceptors (Lipinski definition) is 3. The van der Waals surface area contributed by atoms with Crippen LogP contribution < -0.4 is 0 Å². The monoisotopic (exact) mass is 165 g/mol. The summed E-state index contributed by atoms with van der Waals surface area (Å²) in [5, 5.41) is 0. The molecule has 1 aromatic rings. The lowest BCUT2D eigenvalue weighted by Gasteiger charge is -2.00. The van der Waals surface area contributed by atoms with Crippen LogP contribution in [0.4, 0.5) is 0 Å². The Balaban J connectivity index is 2.29. The van der Waals surface area contributed by atoms with Gasteiger partial charge in [-0.2, -0.15) is 0 Å². The van der Waals surface area contributed by atoms with Crippen molar-refractivity contribution in [2.75, 3.05) is 6.61 Å². The van der Waals surface area contributed by atoms with Gasteiger partial charge in [-0.3, -0.25) is 9.78 Å². The quantitative estimate of drug-likeness (QED) is 0.672. The van der Waals surface area contributed by atoms with Crippen molar-refractivity contribution in [1.29, 1.82) is 0 Å². The van der Waals surface area contributed by atoms with Crippen LogP contribution in [0.25, 0.3) is 0 Å². The maximum Gasteiger partial charge on any atom is 0.155 e. The summed E-state index contributed by atoms with van der Waals surface area (Å²) in [4.78, 5) is 14.4. The van der Waals surface area contributed by atoms with E-state index < -0.39 is 0 Å². The average Bonchev–Trinajstić information content (AvgIpc) is 2.05. The smallest absolute Gasteiger partial charge is 0.155 e. The fourth-order valence-electron chi connectivity index (χ4n) is 0.792. The van der Waals surface area contributed by atoms with E-state index >= 15 is 0 Å². The van der Waals surface area contributed by atoms with E-state index in [9.17, 15) is 4.79 Å². The summed E-state index contributed by atoms with van der Waals surface area (Å²) in [5.41, 5.74) is 1.03. The van der Waals surface area contributed by atoms with Crippen LogP contribution in [0.3, 0.4) is 0 Å². The third-order valence-corrected chi connectivity index (χ3v) is 1.32. The highest BCUT2D eigenvalue weighted by molar-refractivity contribution is 5.76. The Morgan fingerprint density at radius 2 is 2.17 bits per heavy atom. The van der Waals surface area contributed by atoms with Crippen molar-refractivity contribution in [3.63, 3.8) is 0 Å². The topological polar surface area (TPSA) is 39.2 Å². The molecule has 0 amide bonds. The number of Topliss-reactive ketones (excluding diaryl/α,β-unsaturated/α-hetero) is 1. The van der Waals surface area contributed by atoms with Gasteiger partial charge in [0.05, 0.1) is 6.61 Å². The Labute approximate surface area is 71.4 Å². The predicted molar refractivity (Wildman–Crippen MR) is 44.6 cm³/mol. The Hall–Kier alpha value is -1.22. The number of nitrogens with zero attached hydrogens (tertiary/aromatic N) is 1. The molecule has 3 heteroatoms. The first-order valence-corrected chi connectivity index (χ1v) is 3.75. The number of ether oxygens (including phenoxy) is 1. The third-order valence-electron chi connectivity index (χ3n) is 1.32. The molecule has 64 valence electrons. The Morgan fingerprint density at radius 3 is 2.75 bits per heavy atom. The van der Waals surface area contributed by atoms with Crippen LogP contribution in [0, 0.1) is 0 Å². The van der Waals surface area contributed by atoms with E-state index in [0.717, 1.165) is 5.56 Å². The van der Waals surface area contributed by atoms with Crippen LogP contribution in [0.1, 0.15) is 12.5 Å². The van der Waals surface area contributed by atoms with E-state index in [0.29, 0.717) is 6.61 Å². The van der Waals surface area contributed by atoms with Crippen LogP contribution in [-0.4, -0.2) is 17.4 Å². The van der Waals surface area contributed by atoms with Gasteiger partial charge in [0.25, 0.3) is 0 Å². The van der Waals surface area contributed by atoms with Gasteiger partial charge in [-0.15, -0.1) is 0 Å². The molecule has 0 saturated heterocycles. The lowest BCUT2D eigenvalue weighted by Crippen LogP contribution is -2.03. The highest BCUT2D eigenvalue weighted by Crippen LogP contribution is 1.97. The zero-order valence-electron chi connectivity index (χ0n) is 6.99. The number of aromatic nitrogens is 1. The molecule has 0 aromatic carbocycles. The molecule has 0 bridgehead atoms. The average molecular weight is 165 g/mol. The Kier molecular flexibility index (Phi) is 3.41. The molecule has 1 aromatic heterocycles. The van der Waals surface area contributed by atoms with Crippen LogP contribution in [-0.2, 0) is 16.1 Å². The maximum atomic E-state index is 10.5. The third kappa shape index (κ3) is 3.25. The molecule has 12 heavy (non-hydrogen) atoms. The van der Waals surface area contributed by atoms with Crippen molar-refractivity contribution in [3.8, 4) is 0 Å². The van der Waals surface area contributed by atoms with Crippen LogP contribution >= 0.6 is 0 Å². The number of ketones is 1. The van der Waals surface area contributed by atoms with Crippen molar-refractivity contribution in [3.05, 3.63) is 30.1 Å². The second-order valence-corrected chi connectivity index (χ2v) is 2.55. The Bertz CT molecular complexity index is 246. The molecule has 3 nitrogen and oxygen atoms in total. The molecule has 0 saturated carbocycles. The van der Waals surface area contributed by atoms with Gasteiger partial charge in [-0.25, -0.2) is 0 Å². The SMILES string of the molecule is CC(=O)COCc1ccncc1. The lowest BCUT2D eigenvalue weighted by molar-refractivity contribution is -0.121. The molecule has 0 unspecified atom stereocenters. The molecule has 0 radical (unpaired) electrons. The van der Waals surface area contributed by atoms with Crippen LogP contribution in [0.15, 0.2) is 24.5 Å². The van der Waals surface area contributed by atoms with E-state index in [1.807, 2.05) is 12.1 Å². The van der Waals surface area contributed by atoms with Gasteiger partial charge in [0, 0.05) is 12.4 Å². The van der Waals surface area contributed by atoms with E-state index in [-0.39, 0.29) is 12.4 Å². The van der Waals surface area contributed by atoms with E-state index in [1.165, 1.54) is 6.92 Å². The molecule has 0 spiro atoms. The minimum Gasteiger partial charge on any atom is -0.369 e. The summed E-state index contributed by atoms with van der Waals surface area (Å²) in [5.74, 6) is 0.0454. The van der Waals surface area contributed by atoms with Crippen molar-refractivity contribution < 1.29 is 9.53 Å². The summed E-state index contributed by atoms with van der Waals surface area (Å²) < 4.78 is 5.10. The zero-order valence-corrected chi connectivity index (χ0v) is 6.99. The van der Waals surface area contributed by atoms with Crippen LogP contribution in [0.2, 0.25) is 0 Å². The van der Waals surface area contributed by atoms with Gasteiger partial charge in [-0.05, 0) is 24.6 Å². The number of carbonyl (C=O) groups excluding carboxylic acids is 1. The number of rotatable bonds is 4. The van der Waals surface area contributed by atoms with Gasteiger partial charge in [0.1, 0.15) is 6.61 Å². The molecule has 0 fully saturated rings. The molecule has 1 rings (SSSR count). The Morgan fingerprint density at radius 1 is 1.50 bits per heavy atom. The normalized spacial score (nSPS) is 9.75. The second kappa shape index (κ2) is 4.62. The molecular formula is C9H11NO2. The summed E-state index contributed by atoms with van der Waals surface area (Å²) in [7, 11) is 0. The lowest BCUT2D eigenvalue weighted by atomic mass is 10.3.